The second kappa shape index (κ2) is 8.14. The highest BCUT2D eigenvalue weighted by atomic mass is 32.2. The fraction of sp³-hybridized carbons (Fsp3) is 0.500. The van der Waals surface area contributed by atoms with Crippen LogP contribution in [0.1, 0.15) is 31.4 Å². The number of piperidine rings is 1. The SMILES string of the molecule is C=CSN(CC)CCN1CCC(c2noc3cc(F)ccc23)CC1. The molecule has 0 unspecified atom stereocenters. The van der Waals surface area contributed by atoms with Crippen LogP contribution in [-0.4, -0.2) is 47.1 Å². The van der Waals surface area contributed by atoms with Gasteiger partial charge in [-0.05, 0) is 43.5 Å². The predicted molar refractivity (Wildman–Crippen MR) is 97.4 cm³/mol. The van der Waals surface area contributed by atoms with Gasteiger partial charge in [0.2, 0.25) is 0 Å². The third-order valence-corrected chi connectivity index (χ3v) is 5.57. The Balaban J connectivity index is 1.55. The Morgan fingerprint density at radius 2 is 2.25 bits per heavy atom. The topological polar surface area (TPSA) is 32.5 Å². The number of fused-ring (bicyclic) bond motifs is 1. The molecule has 1 saturated heterocycles. The fourth-order valence-electron chi connectivity index (χ4n) is 3.30. The lowest BCUT2D eigenvalue weighted by Crippen LogP contribution is -2.37. The second-order valence-corrected chi connectivity index (χ2v) is 7.18. The fourth-order valence-corrected chi connectivity index (χ4v) is 3.85. The van der Waals surface area contributed by atoms with Crippen molar-refractivity contribution in [2.45, 2.75) is 25.7 Å². The molecular weight excluding hydrogens is 325 g/mol. The molecular formula is C18H24FN3OS. The van der Waals surface area contributed by atoms with Crippen LogP contribution in [0.25, 0.3) is 11.0 Å². The van der Waals surface area contributed by atoms with Crippen molar-refractivity contribution < 1.29 is 8.91 Å². The van der Waals surface area contributed by atoms with Crippen LogP contribution in [0.4, 0.5) is 4.39 Å². The number of nitrogens with zero attached hydrogens (tertiary/aromatic N) is 3. The lowest BCUT2D eigenvalue weighted by Gasteiger charge is -2.32. The standard InChI is InChI=1S/C18H24FN3OS/c1-3-22(24-4-2)12-11-21-9-7-14(8-10-21)18-16-6-5-15(19)13-17(16)23-20-18/h4-6,13-14H,2-3,7-12H2,1H3. The highest BCUT2D eigenvalue weighted by Gasteiger charge is 2.25. The minimum Gasteiger partial charge on any atom is -0.356 e. The van der Waals surface area contributed by atoms with Crippen LogP contribution in [-0.2, 0) is 0 Å². The minimum atomic E-state index is -0.280. The highest BCUT2D eigenvalue weighted by Crippen LogP contribution is 2.32. The van der Waals surface area contributed by atoms with E-state index in [2.05, 4.69) is 27.9 Å². The lowest BCUT2D eigenvalue weighted by atomic mass is 9.91. The maximum Gasteiger partial charge on any atom is 0.170 e. The highest BCUT2D eigenvalue weighted by molar-refractivity contribution is 7.99. The average Bonchev–Trinajstić information content (AvgIpc) is 3.02. The van der Waals surface area contributed by atoms with Crippen molar-refractivity contribution in [2.24, 2.45) is 0 Å². The lowest BCUT2D eigenvalue weighted by molar-refractivity contribution is 0.200. The summed E-state index contributed by atoms with van der Waals surface area (Å²) >= 11 is 1.68. The van der Waals surface area contributed by atoms with E-state index in [1.807, 2.05) is 5.41 Å². The number of hydrogen-bond acceptors (Lipinski definition) is 5. The maximum atomic E-state index is 13.3. The average molecular weight is 349 g/mol. The third-order valence-electron chi connectivity index (χ3n) is 4.68. The van der Waals surface area contributed by atoms with Crippen molar-refractivity contribution in [2.75, 3.05) is 32.7 Å². The first-order chi connectivity index (χ1) is 11.7. The molecule has 0 aliphatic carbocycles. The maximum absolute atomic E-state index is 13.3. The Bertz CT molecular complexity index is 682. The molecule has 4 nitrogen and oxygen atoms in total. The largest absolute Gasteiger partial charge is 0.356 e. The Labute approximate surface area is 146 Å². The summed E-state index contributed by atoms with van der Waals surface area (Å²) in [6, 6.07) is 4.68. The van der Waals surface area contributed by atoms with Crippen molar-refractivity contribution in [3.8, 4) is 0 Å². The zero-order valence-corrected chi connectivity index (χ0v) is 14.9. The molecule has 0 radical (unpaired) electrons. The molecule has 0 amide bonds. The molecule has 0 N–H and O–H groups in total. The number of rotatable bonds is 7. The first kappa shape index (κ1) is 17.5. The molecule has 1 aromatic carbocycles. The van der Waals surface area contributed by atoms with Crippen molar-refractivity contribution in [1.82, 2.24) is 14.4 Å². The van der Waals surface area contributed by atoms with Gasteiger partial charge in [-0.2, -0.15) is 0 Å². The normalized spacial score (nSPS) is 17.0. The molecule has 130 valence electrons. The molecule has 1 fully saturated rings. The monoisotopic (exact) mass is 349 g/mol. The predicted octanol–water partition coefficient (Wildman–Crippen LogP) is 4.26. The Morgan fingerprint density at radius 3 is 2.96 bits per heavy atom. The van der Waals surface area contributed by atoms with Gasteiger partial charge in [0, 0.05) is 37.0 Å². The van der Waals surface area contributed by atoms with E-state index in [9.17, 15) is 4.39 Å². The number of aromatic nitrogens is 1. The Morgan fingerprint density at radius 1 is 1.46 bits per heavy atom. The zero-order valence-electron chi connectivity index (χ0n) is 14.1. The number of hydrogen-bond donors (Lipinski definition) is 0. The smallest absolute Gasteiger partial charge is 0.170 e. The van der Waals surface area contributed by atoms with Crippen LogP contribution < -0.4 is 0 Å². The zero-order chi connectivity index (χ0) is 16.9. The van der Waals surface area contributed by atoms with Gasteiger partial charge in [-0.25, -0.2) is 8.70 Å². The summed E-state index contributed by atoms with van der Waals surface area (Å²) in [7, 11) is 0. The van der Waals surface area contributed by atoms with Gasteiger partial charge in [0.25, 0.3) is 0 Å². The molecule has 1 aliphatic heterocycles. The Hall–Kier alpha value is -1.37. The van der Waals surface area contributed by atoms with E-state index in [1.165, 1.54) is 12.1 Å². The van der Waals surface area contributed by atoms with Crippen molar-refractivity contribution in [3.05, 3.63) is 41.7 Å². The second-order valence-electron chi connectivity index (χ2n) is 6.12. The number of likely N-dealkylation sites (tertiary alicyclic amines) is 1. The van der Waals surface area contributed by atoms with Gasteiger partial charge in [0.1, 0.15) is 5.82 Å². The number of likely N-dealkylation sites (N-methyl/N-ethyl adjacent to an activating group) is 1. The Kier molecular flexibility index (Phi) is 5.92. The first-order valence-corrected chi connectivity index (χ1v) is 9.34. The van der Waals surface area contributed by atoms with Crippen LogP contribution in [0.3, 0.4) is 0 Å². The molecule has 0 atom stereocenters. The van der Waals surface area contributed by atoms with Crippen LogP contribution in [0.15, 0.2) is 34.7 Å². The van der Waals surface area contributed by atoms with Gasteiger partial charge in [-0.15, -0.1) is 0 Å². The van der Waals surface area contributed by atoms with Crippen LogP contribution in [0, 0.1) is 5.82 Å². The van der Waals surface area contributed by atoms with E-state index >= 15 is 0 Å². The molecule has 3 rings (SSSR count). The molecule has 2 aromatic rings. The van der Waals surface area contributed by atoms with Gasteiger partial charge >= 0.3 is 0 Å². The van der Waals surface area contributed by atoms with Crippen LogP contribution in [0.2, 0.25) is 0 Å². The van der Waals surface area contributed by atoms with Crippen molar-refractivity contribution in [3.63, 3.8) is 0 Å². The van der Waals surface area contributed by atoms with Gasteiger partial charge < -0.3 is 9.42 Å². The third kappa shape index (κ3) is 3.99. The summed E-state index contributed by atoms with van der Waals surface area (Å²) < 4.78 is 20.9. The molecule has 1 aromatic heterocycles. The summed E-state index contributed by atoms with van der Waals surface area (Å²) in [4.78, 5) is 2.50. The van der Waals surface area contributed by atoms with Crippen molar-refractivity contribution >= 4 is 22.9 Å². The van der Waals surface area contributed by atoms with E-state index in [0.717, 1.165) is 56.6 Å². The van der Waals surface area contributed by atoms with E-state index < -0.39 is 0 Å². The van der Waals surface area contributed by atoms with Gasteiger partial charge in [0.05, 0.1) is 5.69 Å². The van der Waals surface area contributed by atoms with Gasteiger partial charge in [0.15, 0.2) is 5.58 Å². The molecule has 0 saturated carbocycles. The van der Waals surface area contributed by atoms with Gasteiger partial charge in [-0.3, -0.25) is 0 Å². The summed E-state index contributed by atoms with van der Waals surface area (Å²) in [5.41, 5.74) is 1.54. The van der Waals surface area contributed by atoms with E-state index in [4.69, 9.17) is 4.52 Å². The minimum absolute atomic E-state index is 0.280. The number of benzene rings is 1. The summed E-state index contributed by atoms with van der Waals surface area (Å²) in [5, 5.41) is 7.05. The summed E-state index contributed by atoms with van der Waals surface area (Å²) in [6.07, 6.45) is 2.14. The van der Waals surface area contributed by atoms with Crippen molar-refractivity contribution in [1.29, 1.82) is 0 Å². The molecule has 0 spiro atoms. The molecule has 2 heterocycles. The van der Waals surface area contributed by atoms with Crippen LogP contribution in [0.5, 0.6) is 0 Å². The molecule has 0 bridgehead atoms. The summed E-state index contributed by atoms with van der Waals surface area (Å²) in [6.45, 7) is 11.2. The quantitative estimate of drug-likeness (QED) is 0.698. The molecule has 1 aliphatic rings. The van der Waals surface area contributed by atoms with Gasteiger partial charge in [-0.1, -0.05) is 30.6 Å². The van der Waals surface area contributed by atoms with E-state index in [1.54, 1.807) is 18.0 Å². The first-order valence-electron chi connectivity index (χ1n) is 8.51. The van der Waals surface area contributed by atoms with E-state index in [0.29, 0.717) is 11.5 Å². The number of halogens is 1. The van der Waals surface area contributed by atoms with E-state index in [-0.39, 0.29) is 5.82 Å². The molecule has 24 heavy (non-hydrogen) atoms. The van der Waals surface area contributed by atoms with Crippen LogP contribution >= 0.6 is 11.9 Å². The molecule has 6 heteroatoms. The summed E-state index contributed by atoms with van der Waals surface area (Å²) in [5.74, 6) is 0.121.